The van der Waals surface area contributed by atoms with Gasteiger partial charge in [0, 0.05) is 0 Å². The normalized spacial score (nSPS) is 15.2. The number of imide groups is 2. The SMILES string of the molecule is CCCCCCCCOc1ccc(/C=C2/C(=O)NC(=O)N(c3ccc(Cl)c(Cl)c3)C2=O)cc1. The molecule has 6 nitrogen and oxygen atoms in total. The third kappa shape index (κ3) is 6.59. The van der Waals surface area contributed by atoms with Crippen LogP contribution < -0.4 is 15.0 Å². The smallest absolute Gasteiger partial charge is 0.335 e. The zero-order valence-electron chi connectivity index (χ0n) is 18.4. The molecule has 1 aliphatic rings. The van der Waals surface area contributed by atoms with Gasteiger partial charge in [0.1, 0.15) is 11.3 Å². The van der Waals surface area contributed by atoms with Gasteiger partial charge in [0.05, 0.1) is 22.3 Å². The van der Waals surface area contributed by atoms with Crippen LogP contribution in [0.5, 0.6) is 5.75 Å². The van der Waals surface area contributed by atoms with Crippen LogP contribution in [0.15, 0.2) is 48.0 Å². The van der Waals surface area contributed by atoms with Gasteiger partial charge in [-0.15, -0.1) is 0 Å². The number of nitrogens with zero attached hydrogens (tertiary/aromatic N) is 1. The van der Waals surface area contributed by atoms with Gasteiger partial charge in [-0.1, -0.05) is 74.4 Å². The first-order chi connectivity index (χ1) is 15.9. The van der Waals surface area contributed by atoms with Gasteiger partial charge in [-0.05, 0) is 48.4 Å². The van der Waals surface area contributed by atoms with Crippen LogP contribution in [0.2, 0.25) is 10.0 Å². The van der Waals surface area contributed by atoms with Crippen molar-refractivity contribution in [2.75, 3.05) is 11.5 Å². The number of ether oxygens (including phenoxy) is 1. The summed E-state index contributed by atoms with van der Waals surface area (Å²) in [6.45, 7) is 2.85. The summed E-state index contributed by atoms with van der Waals surface area (Å²) in [6.07, 6.45) is 8.58. The number of urea groups is 1. The number of hydrogen-bond donors (Lipinski definition) is 1. The van der Waals surface area contributed by atoms with Crippen LogP contribution >= 0.6 is 23.2 Å². The zero-order valence-corrected chi connectivity index (χ0v) is 19.9. The van der Waals surface area contributed by atoms with Crippen LogP contribution in [-0.2, 0) is 9.59 Å². The largest absolute Gasteiger partial charge is 0.494 e. The Labute approximate surface area is 203 Å². The van der Waals surface area contributed by atoms with Crippen molar-refractivity contribution in [3.63, 3.8) is 0 Å². The molecule has 0 spiro atoms. The van der Waals surface area contributed by atoms with E-state index in [2.05, 4.69) is 12.2 Å². The van der Waals surface area contributed by atoms with Crippen molar-refractivity contribution in [2.45, 2.75) is 45.4 Å². The molecule has 0 atom stereocenters. The maximum atomic E-state index is 13.0. The lowest BCUT2D eigenvalue weighted by molar-refractivity contribution is -0.122. The molecule has 2 aromatic carbocycles. The van der Waals surface area contributed by atoms with Crippen molar-refractivity contribution >= 4 is 52.8 Å². The van der Waals surface area contributed by atoms with Crippen molar-refractivity contribution in [3.8, 4) is 5.75 Å². The number of nitrogens with one attached hydrogen (secondary N) is 1. The van der Waals surface area contributed by atoms with Crippen LogP contribution in [0.3, 0.4) is 0 Å². The molecule has 1 heterocycles. The third-order valence-electron chi connectivity index (χ3n) is 5.22. The minimum atomic E-state index is -0.848. The average molecular weight is 489 g/mol. The van der Waals surface area contributed by atoms with E-state index in [0.29, 0.717) is 12.2 Å². The van der Waals surface area contributed by atoms with E-state index in [1.807, 2.05) is 0 Å². The molecule has 0 aromatic heterocycles. The van der Waals surface area contributed by atoms with E-state index in [0.717, 1.165) is 23.5 Å². The van der Waals surface area contributed by atoms with Crippen LogP contribution in [0.25, 0.3) is 6.08 Å². The van der Waals surface area contributed by atoms with E-state index in [9.17, 15) is 14.4 Å². The first kappa shape index (κ1) is 24.8. The number of amides is 4. The Bertz CT molecular complexity index is 1050. The van der Waals surface area contributed by atoms with Crippen molar-refractivity contribution in [2.24, 2.45) is 0 Å². The number of carbonyl (C=O) groups excluding carboxylic acids is 3. The molecular weight excluding hydrogens is 463 g/mol. The fraction of sp³-hybridized carbons (Fsp3) is 0.320. The highest BCUT2D eigenvalue weighted by molar-refractivity contribution is 6.43. The molecule has 8 heteroatoms. The molecule has 0 unspecified atom stereocenters. The number of barbiturate groups is 1. The minimum Gasteiger partial charge on any atom is -0.494 e. The Balaban J connectivity index is 1.66. The lowest BCUT2D eigenvalue weighted by Crippen LogP contribution is -2.54. The number of rotatable bonds is 10. The van der Waals surface area contributed by atoms with E-state index < -0.39 is 17.8 Å². The van der Waals surface area contributed by atoms with Crippen LogP contribution in [0.4, 0.5) is 10.5 Å². The molecule has 1 fully saturated rings. The Hall–Kier alpha value is -2.83. The Morgan fingerprint density at radius 3 is 2.30 bits per heavy atom. The van der Waals surface area contributed by atoms with Crippen molar-refractivity contribution in [3.05, 3.63) is 63.6 Å². The van der Waals surface area contributed by atoms with Crippen molar-refractivity contribution in [1.29, 1.82) is 0 Å². The topological polar surface area (TPSA) is 75.7 Å². The maximum Gasteiger partial charge on any atom is 0.335 e. The Kier molecular flexibility index (Phi) is 8.92. The van der Waals surface area contributed by atoms with Gasteiger partial charge in [0.25, 0.3) is 11.8 Å². The molecule has 3 rings (SSSR count). The van der Waals surface area contributed by atoms with Crippen LogP contribution in [0, 0.1) is 0 Å². The molecule has 0 aliphatic carbocycles. The van der Waals surface area contributed by atoms with Crippen molar-refractivity contribution < 1.29 is 19.1 Å². The van der Waals surface area contributed by atoms with Crippen LogP contribution in [-0.4, -0.2) is 24.5 Å². The minimum absolute atomic E-state index is 0.165. The lowest BCUT2D eigenvalue weighted by Gasteiger charge is -2.26. The van der Waals surface area contributed by atoms with Gasteiger partial charge in [-0.3, -0.25) is 14.9 Å². The summed E-state index contributed by atoms with van der Waals surface area (Å²) in [5, 5.41) is 2.66. The highest BCUT2D eigenvalue weighted by Crippen LogP contribution is 2.29. The number of halogens is 2. The molecule has 1 N–H and O–H groups in total. The number of unbranched alkanes of at least 4 members (excludes halogenated alkanes) is 5. The average Bonchev–Trinajstić information content (AvgIpc) is 2.79. The molecule has 1 saturated heterocycles. The van der Waals surface area contributed by atoms with Crippen molar-refractivity contribution in [1.82, 2.24) is 5.32 Å². The second-order valence-electron chi connectivity index (χ2n) is 7.74. The first-order valence-electron chi connectivity index (χ1n) is 11.0. The van der Waals surface area contributed by atoms with E-state index in [-0.39, 0.29) is 21.3 Å². The van der Waals surface area contributed by atoms with Gasteiger partial charge >= 0.3 is 6.03 Å². The highest BCUT2D eigenvalue weighted by atomic mass is 35.5. The summed E-state index contributed by atoms with van der Waals surface area (Å²) >= 11 is 11.9. The summed E-state index contributed by atoms with van der Waals surface area (Å²) in [5.41, 5.74) is 0.675. The summed E-state index contributed by atoms with van der Waals surface area (Å²) in [4.78, 5) is 38.5. The van der Waals surface area contributed by atoms with Gasteiger partial charge in [0.15, 0.2) is 0 Å². The molecule has 4 amide bonds. The van der Waals surface area contributed by atoms with Gasteiger partial charge in [-0.25, -0.2) is 9.69 Å². The number of anilines is 1. The molecule has 2 aromatic rings. The highest BCUT2D eigenvalue weighted by Gasteiger charge is 2.37. The van der Waals surface area contributed by atoms with E-state index in [4.69, 9.17) is 27.9 Å². The lowest BCUT2D eigenvalue weighted by atomic mass is 10.1. The summed E-state index contributed by atoms with van der Waals surface area (Å²) in [6, 6.07) is 10.6. The molecule has 1 aliphatic heterocycles. The summed E-state index contributed by atoms with van der Waals surface area (Å²) < 4.78 is 5.77. The molecule has 0 radical (unpaired) electrons. The quantitative estimate of drug-likeness (QED) is 0.238. The third-order valence-corrected chi connectivity index (χ3v) is 5.96. The second-order valence-corrected chi connectivity index (χ2v) is 8.56. The summed E-state index contributed by atoms with van der Waals surface area (Å²) in [7, 11) is 0. The monoisotopic (exact) mass is 488 g/mol. The molecule has 0 bridgehead atoms. The van der Waals surface area contributed by atoms with Gasteiger partial charge in [-0.2, -0.15) is 0 Å². The fourth-order valence-corrected chi connectivity index (χ4v) is 3.71. The van der Waals surface area contributed by atoms with Gasteiger partial charge in [0.2, 0.25) is 0 Å². The standard InChI is InChI=1S/C25H26Cl2N2O4/c1-2-3-4-5-6-7-14-33-19-11-8-17(9-12-19)15-20-23(30)28-25(32)29(24(20)31)18-10-13-21(26)22(27)16-18/h8-13,15-16H,2-7,14H2,1H3,(H,28,30,32)/b20-15-. The number of hydrogen-bond acceptors (Lipinski definition) is 4. The first-order valence-corrected chi connectivity index (χ1v) is 11.8. The van der Waals surface area contributed by atoms with Gasteiger partial charge < -0.3 is 4.74 Å². The Morgan fingerprint density at radius 2 is 1.61 bits per heavy atom. The number of benzene rings is 2. The molecular formula is C25H26Cl2N2O4. The maximum absolute atomic E-state index is 13.0. The molecule has 33 heavy (non-hydrogen) atoms. The predicted octanol–water partition coefficient (Wildman–Crippen LogP) is 6.40. The number of carbonyl (C=O) groups is 3. The second kappa shape index (κ2) is 11.9. The van der Waals surface area contributed by atoms with Crippen LogP contribution in [0.1, 0.15) is 51.0 Å². The van der Waals surface area contributed by atoms with E-state index >= 15 is 0 Å². The van der Waals surface area contributed by atoms with E-state index in [1.165, 1.54) is 50.0 Å². The molecule has 174 valence electrons. The Morgan fingerprint density at radius 1 is 0.909 bits per heavy atom. The van der Waals surface area contributed by atoms with E-state index in [1.54, 1.807) is 24.3 Å². The fourth-order valence-electron chi connectivity index (χ4n) is 3.42. The summed E-state index contributed by atoms with van der Waals surface area (Å²) in [5.74, 6) is -0.784. The zero-order chi connectivity index (χ0) is 23.8. The molecule has 0 saturated carbocycles. The predicted molar refractivity (Wildman–Crippen MR) is 131 cm³/mol.